The van der Waals surface area contributed by atoms with E-state index in [0.29, 0.717) is 6.04 Å². The molecule has 1 aromatic heterocycles. The Morgan fingerprint density at radius 1 is 1.26 bits per heavy atom. The number of nitrogens with zero attached hydrogens (tertiary/aromatic N) is 2. The Balaban J connectivity index is 2.03. The molecular weight excluding hydrogens is 241 g/mol. The van der Waals surface area contributed by atoms with Crippen LogP contribution in [0.2, 0.25) is 0 Å². The van der Waals surface area contributed by atoms with Crippen LogP contribution >= 0.6 is 0 Å². The lowest BCUT2D eigenvalue weighted by Gasteiger charge is -2.17. The molecule has 4 heteroatoms. The second-order valence-corrected chi connectivity index (χ2v) is 4.74. The number of aryl methyl sites for hydroxylation is 1. The summed E-state index contributed by atoms with van der Waals surface area (Å²) in [6.45, 7) is 3.01. The second-order valence-electron chi connectivity index (χ2n) is 4.74. The zero-order valence-corrected chi connectivity index (χ0v) is 11.4. The molecule has 1 heterocycles. The van der Waals surface area contributed by atoms with E-state index < -0.39 is 0 Å². The molecule has 0 saturated heterocycles. The Morgan fingerprint density at radius 3 is 2.58 bits per heavy atom. The fourth-order valence-corrected chi connectivity index (χ4v) is 2.22. The summed E-state index contributed by atoms with van der Waals surface area (Å²) in [6.07, 6.45) is 5.52. The van der Waals surface area contributed by atoms with Crippen LogP contribution in [0.4, 0.5) is 4.39 Å². The van der Waals surface area contributed by atoms with Gasteiger partial charge in [-0.15, -0.1) is 0 Å². The van der Waals surface area contributed by atoms with E-state index in [0.717, 1.165) is 30.8 Å². The molecule has 0 bridgehead atoms. The highest BCUT2D eigenvalue weighted by Crippen LogP contribution is 2.09. The molecule has 0 amide bonds. The highest BCUT2D eigenvalue weighted by atomic mass is 19.1. The number of likely N-dealkylation sites (N-methyl/N-ethyl adjacent to an activating group) is 1. The van der Waals surface area contributed by atoms with Crippen molar-refractivity contribution >= 4 is 0 Å². The monoisotopic (exact) mass is 261 g/mol. The zero-order valence-electron chi connectivity index (χ0n) is 11.4. The van der Waals surface area contributed by atoms with Crippen LogP contribution in [0.5, 0.6) is 0 Å². The third-order valence-electron chi connectivity index (χ3n) is 3.24. The Hall–Kier alpha value is -1.68. The molecule has 1 N–H and O–H groups in total. The van der Waals surface area contributed by atoms with Crippen molar-refractivity contribution in [2.45, 2.75) is 25.8 Å². The first-order chi connectivity index (χ1) is 9.19. The standard InChI is InChI=1S/C15H20FN3/c1-3-17-14(11-15-18-8-9-19(15)2)10-12-4-6-13(16)7-5-12/h4-9,14,17H,3,10-11H2,1-2H3. The molecule has 0 radical (unpaired) electrons. The molecule has 0 saturated carbocycles. The zero-order chi connectivity index (χ0) is 13.7. The largest absolute Gasteiger partial charge is 0.338 e. The van der Waals surface area contributed by atoms with Gasteiger partial charge in [0.25, 0.3) is 0 Å². The molecule has 102 valence electrons. The van der Waals surface area contributed by atoms with Gasteiger partial charge in [-0.1, -0.05) is 19.1 Å². The van der Waals surface area contributed by atoms with Crippen LogP contribution in [0.25, 0.3) is 0 Å². The van der Waals surface area contributed by atoms with Crippen LogP contribution in [-0.4, -0.2) is 22.1 Å². The maximum Gasteiger partial charge on any atom is 0.123 e. The van der Waals surface area contributed by atoms with Crippen molar-refractivity contribution in [2.24, 2.45) is 7.05 Å². The second kappa shape index (κ2) is 6.48. The van der Waals surface area contributed by atoms with E-state index in [1.165, 1.54) is 12.1 Å². The normalized spacial score (nSPS) is 12.6. The van der Waals surface area contributed by atoms with E-state index in [4.69, 9.17) is 0 Å². The minimum atomic E-state index is -0.187. The van der Waals surface area contributed by atoms with Gasteiger partial charge >= 0.3 is 0 Å². The summed E-state index contributed by atoms with van der Waals surface area (Å²) < 4.78 is 14.9. The lowest BCUT2D eigenvalue weighted by Crippen LogP contribution is -2.33. The van der Waals surface area contributed by atoms with E-state index in [1.807, 2.05) is 36.1 Å². The van der Waals surface area contributed by atoms with Crippen molar-refractivity contribution in [3.8, 4) is 0 Å². The molecule has 1 unspecified atom stereocenters. The third-order valence-corrected chi connectivity index (χ3v) is 3.24. The number of imidazole rings is 1. The Labute approximate surface area is 113 Å². The van der Waals surface area contributed by atoms with Crippen LogP contribution < -0.4 is 5.32 Å². The van der Waals surface area contributed by atoms with Crippen LogP contribution in [0, 0.1) is 5.82 Å². The van der Waals surface area contributed by atoms with Gasteiger partial charge in [0.2, 0.25) is 0 Å². The quantitative estimate of drug-likeness (QED) is 0.865. The van der Waals surface area contributed by atoms with E-state index in [2.05, 4.69) is 17.2 Å². The molecule has 0 aliphatic heterocycles. The molecule has 0 aliphatic carbocycles. The summed E-state index contributed by atoms with van der Waals surface area (Å²) in [5.74, 6) is 0.876. The van der Waals surface area contributed by atoms with Crippen molar-refractivity contribution < 1.29 is 4.39 Å². The predicted octanol–water partition coefficient (Wildman–Crippen LogP) is 2.32. The van der Waals surface area contributed by atoms with Gasteiger partial charge in [0, 0.05) is 31.9 Å². The molecule has 0 aliphatic rings. The van der Waals surface area contributed by atoms with Crippen molar-refractivity contribution in [3.05, 3.63) is 53.9 Å². The van der Waals surface area contributed by atoms with Gasteiger partial charge < -0.3 is 9.88 Å². The van der Waals surface area contributed by atoms with Crippen LogP contribution in [0.15, 0.2) is 36.7 Å². The first kappa shape index (κ1) is 13.7. The number of aromatic nitrogens is 2. The van der Waals surface area contributed by atoms with Crippen LogP contribution in [0.3, 0.4) is 0 Å². The van der Waals surface area contributed by atoms with E-state index in [9.17, 15) is 4.39 Å². The summed E-state index contributed by atoms with van der Waals surface area (Å²) >= 11 is 0. The van der Waals surface area contributed by atoms with Gasteiger partial charge in [-0.25, -0.2) is 9.37 Å². The van der Waals surface area contributed by atoms with Gasteiger partial charge in [0.15, 0.2) is 0 Å². The molecule has 19 heavy (non-hydrogen) atoms. The van der Waals surface area contributed by atoms with Crippen molar-refractivity contribution in [1.82, 2.24) is 14.9 Å². The number of halogens is 1. The van der Waals surface area contributed by atoms with Crippen LogP contribution in [-0.2, 0) is 19.9 Å². The molecule has 2 rings (SSSR count). The summed E-state index contributed by atoms with van der Waals surface area (Å²) in [5.41, 5.74) is 1.14. The fraction of sp³-hybridized carbons (Fsp3) is 0.400. The first-order valence-electron chi connectivity index (χ1n) is 6.63. The average molecular weight is 261 g/mol. The molecule has 3 nitrogen and oxygen atoms in total. The number of rotatable bonds is 6. The van der Waals surface area contributed by atoms with Crippen molar-refractivity contribution in [1.29, 1.82) is 0 Å². The van der Waals surface area contributed by atoms with Crippen molar-refractivity contribution in [2.75, 3.05) is 6.54 Å². The number of hydrogen-bond donors (Lipinski definition) is 1. The minimum absolute atomic E-state index is 0.187. The average Bonchev–Trinajstić information content (AvgIpc) is 2.78. The summed E-state index contributed by atoms with van der Waals surface area (Å²) in [7, 11) is 2.00. The Bertz CT molecular complexity index is 504. The molecule has 0 fully saturated rings. The first-order valence-corrected chi connectivity index (χ1v) is 6.63. The predicted molar refractivity (Wildman–Crippen MR) is 74.5 cm³/mol. The minimum Gasteiger partial charge on any atom is -0.338 e. The molecular formula is C15H20FN3. The topological polar surface area (TPSA) is 29.9 Å². The van der Waals surface area contributed by atoms with E-state index in [-0.39, 0.29) is 5.82 Å². The summed E-state index contributed by atoms with van der Waals surface area (Å²) in [6, 6.07) is 7.03. The molecule has 0 spiro atoms. The highest BCUT2D eigenvalue weighted by Gasteiger charge is 2.12. The number of nitrogens with one attached hydrogen (secondary N) is 1. The Kier molecular flexibility index (Phi) is 4.68. The summed E-state index contributed by atoms with van der Waals surface area (Å²) in [4.78, 5) is 4.36. The maximum atomic E-state index is 12.9. The van der Waals surface area contributed by atoms with Crippen molar-refractivity contribution in [3.63, 3.8) is 0 Å². The third kappa shape index (κ3) is 3.89. The van der Waals surface area contributed by atoms with Gasteiger partial charge in [-0.3, -0.25) is 0 Å². The van der Waals surface area contributed by atoms with Gasteiger partial charge in [-0.05, 0) is 30.7 Å². The van der Waals surface area contributed by atoms with Crippen LogP contribution in [0.1, 0.15) is 18.3 Å². The number of hydrogen-bond acceptors (Lipinski definition) is 2. The van der Waals surface area contributed by atoms with Gasteiger partial charge in [-0.2, -0.15) is 0 Å². The molecule has 1 atom stereocenters. The van der Waals surface area contributed by atoms with Gasteiger partial charge in [0.1, 0.15) is 11.6 Å². The fourth-order valence-electron chi connectivity index (χ4n) is 2.22. The molecule has 1 aromatic carbocycles. The Morgan fingerprint density at radius 2 is 2.00 bits per heavy atom. The lowest BCUT2D eigenvalue weighted by molar-refractivity contribution is 0.503. The summed E-state index contributed by atoms with van der Waals surface area (Å²) in [5, 5.41) is 3.46. The maximum absolute atomic E-state index is 12.9. The van der Waals surface area contributed by atoms with E-state index >= 15 is 0 Å². The molecule has 2 aromatic rings. The lowest BCUT2D eigenvalue weighted by atomic mass is 10.0. The smallest absolute Gasteiger partial charge is 0.123 e. The number of benzene rings is 1. The SMILES string of the molecule is CCNC(Cc1ccc(F)cc1)Cc1nccn1C. The highest BCUT2D eigenvalue weighted by molar-refractivity contribution is 5.17. The van der Waals surface area contributed by atoms with E-state index in [1.54, 1.807) is 0 Å². The van der Waals surface area contributed by atoms with Gasteiger partial charge in [0.05, 0.1) is 0 Å².